The van der Waals surface area contributed by atoms with E-state index < -0.39 is 15.1 Å². The minimum Gasteiger partial charge on any atom is -0.367 e. The van der Waals surface area contributed by atoms with Crippen molar-refractivity contribution in [1.82, 2.24) is 5.32 Å². The summed E-state index contributed by atoms with van der Waals surface area (Å²) in [6.45, 7) is 4.96. The first-order valence-electron chi connectivity index (χ1n) is 9.79. The molecule has 2 aromatic carbocycles. The van der Waals surface area contributed by atoms with Crippen LogP contribution in [0.25, 0.3) is 0 Å². The molecule has 28 heavy (non-hydrogen) atoms. The molecule has 150 valence electrons. The summed E-state index contributed by atoms with van der Waals surface area (Å²) < 4.78 is 24.4. The molecule has 1 atom stereocenters. The van der Waals surface area contributed by atoms with Gasteiger partial charge in [0.15, 0.2) is 9.84 Å². The summed E-state index contributed by atoms with van der Waals surface area (Å²) in [6.07, 6.45) is 2.44. The van der Waals surface area contributed by atoms with Crippen LogP contribution in [0.2, 0.25) is 0 Å². The first-order chi connectivity index (χ1) is 13.4. The summed E-state index contributed by atoms with van der Waals surface area (Å²) in [5.74, 6) is -0.0422. The van der Waals surface area contributed by atoms with E-state index in [0.717, 1.165) is 24.9 Å². The number of carbonyl (C=O) groups excluding carboxylic acids is 1. The number of nitrogens with zero attached hydrogens (tertiary/aromatic N) is 1. The third kappa shape index (κ3) is 4.73. The predicted octanol–water partition coefficient (Wildman–Crippen LogP) is 3.20. The lowest BCUT2D eigenvalue weighted by Crippen LogP contribution is -2.40. The second kappa shape index (κ2) is 8.78. The topological polar surface area (TPSA) is 66.5 Å². The van der Waals surface area contributed by atoms with Crippen molar-refractivity contribution in [2.24, 2.45) is 0 Å². The second-order valence-electron chi connectivity index (χ2n) is 7.54. The van der Waals surface area contributed by atoms with E-state index in [2.05, 4.69) is 22.3 Å². The maximum Gasteiger partial charge on any atom is 0.224 e. The molecule has 1 aliphatic rings. The highest BCUT2D eigenvalue weighted by Gasteiger charge is 2.25. The van der Waals surface area contributed by atoms with Gasteiger partial charge < -0.3 is 10.2 Å². The highest BCUT2D eigenvalue weighted by atomic mass is 32.2. The van der Waals surface area contributed by atoms with Crippen molar-refractivity contribution >= 4 is 21.4 Å². The predicted molar refractivity (Wildman–Crippen MR) is 112 cm³/mol. The van der Waals surface area contributed by atoms with Crippen LogP contribution < -0.4 is 10.2 Å². The monoisotopic (exact) mass is 400 g/mol. The summed E-state index contributed by atoms with van der Waals surface area (Å²) in [7, 11) is -3.28. The van der Waals surface area contributed by atoms with Gasteiger partial charge in [-0.25, -0.2) is 8.42 Å². The zero-order valence-electron chi connectivity index (χ0n) is 16.5. The first kappa shape index (κ1) is 20.4. The molecule has 1 amide bonds. The first-order valence-corrected chi connectivity index (χ1v) is 11.3. The third-order valence-electron chi connectivity index (χ3n) is 5.24. The number of carbonyl (C=O) groups is 1. The third-order valence-corrected chi connectivity index (χ3v) is 7.41. The van der Waals surface area contributed by atoms with Crippen molar-refractivity contribution in [3.05, 3.63) is 60.2 Å². The second-order valence-corrected chi connectivity index (χ2v) is 10.0. The Kier molecular flexibility index (Phi) is 6.39. The molecule has 2 aromatic rings. The highest BCUT2D eigenvalue weighted by molar-refractivity contribution is 7.92. The van der Waals surface area contributed by atoms with E-state index in [0.29, 0.717) is 17.5 Å². The van der Waals surface area contributed by atoms with Gasteiger partial charge in [-0.1, -0.05) is 30.3 Å². The molecule has 6 heteroatoms. The number of benzene rings is 2. The zero-order chi connectivity index (χ0) is 20.1. The van der Waals surface area contributed by atoms with Crippen LogP contribution in [0.15, 0.2) is 59.5 Å². The molecule has 0 aliphatic carbocycles. The van der Waals surface area contributed by atoms with Gasteiger partial charge >= 0.3 is 0 Å². The van der Waals surface area contributed by atoms with E-state index in [4.69, 9.17) is 0 Å². The van der Waals surface area contributed by atoms with Crippen LogP contribution in [0.3, 0.4) is 0 Å². The quantitative estimate of drug-likeness (QED) is 0.775. The molecule has 1 saturated heterocycles. The van der Waals surface area contributed by atoms with Gasteiger partial charge in [-0.2, -0.15) is 0 Å². The molecule has 3 rings (SSSR count). The average Bonchev–Trinajstić information content (AvgIpc) is 3.16. The summed E-state index contributed by atoms with van der Waals surface area (Å²) in [5.41, 5.74) is 2.01. The Morgan fingerprint density at radius 3 is 2.43 bits per heavy atom. The lowest BCUT2D eigenvalue weighted by Gasteiger charge is -2.27. The van der Waals surface area contributed by atoms with Gasteiger partial charge in [0.2, 0.25) is 5.91 Å². The molecule has 0 unspecified atom stereocenters. The number of anilines is 1. The van der Waals surface area contributed by atoms with E-state index in [-0.39, 0.29) is 12.3 Å². The maximum absolute atomic E-state index is 12.4. The van der Waals surface area contributed by atoms with Crippen molar-refractivity contribution in [3.8, 4) is 0 Å². The van der Waals surface area contributed by atoms with Gasteiger partial charge in [0.25, 0.3) is 0 Å². The van der Waals surface area contributed by atoms with Crippen LogP contribution in [-0.4, -0.2) is 38.7 Å². The van der Waals surface area contributed by atoms with Crippen molar-refractivity contribution in [1.29, 1.82) is 0 Å². The van der Waals surface area contributed by atoms with Crippen molar-refractivity contribution in [3.63, 3.8) is 0 Å². The van der Waals surface area contributed by atoms with E-state index in [1.807, 2.05) is 18.2 Å². The van der Waals surface area contributed by atoms with Crippen LogP contribution >= 0.6 is 0 Å². The molecule has 0 spiro atoms. The summed E-state index contributed by atoms with van der Waals surface area (Å²) in [6, 6.07) is 17.2. The molecule has 0 saturated carbocycles. The standard InChI is InChI=1S/C22H28N2O3S/c1-17(2)28(26,27)21-12-10-18(11-13-21)15-22(25)23-16-20-9-6-14-24(20)19-7-4-3-5-8-19/h3-5,7-8,10-13,17,20H,6,9,14-16H2,1-2H3,(H,23,25)/t20-/m0/s1. The fourth-order valence-electron chi connectivity index (χ4n) is 3.56. The van der Waals surface area contributed by atoms with Gasteiger partial charge in [0, 0.05) is 24.8 Å². The van der Waals surface area contributed by atoms with Gasteiger partial charge in [-0.15, -0.1) is 0 Å². The van der Waals surface area contributed by atoms with Crippen LogP contribution in [0, 0.1) is 0 Å². The van der Waals surface area contributed by atoms with Crippen LogP contribution in [0.5, 0.6) is 0 Å². The largest absolute Gasteiger partial charge is 0.367 e. The molecule has 1 fully saturated rings. The number of hydrogen-bond donors (Lipinski definition) is 1. The van der Waals surface area contributed by atoms with E-state index in [1.54, 1.807) is 38.1 Å². The number of para-hydroxylation sites is 1. The fraction of sp³-hybridized carbons (Fsp3) is 0.409. The average molecular weight is 401 g/mol. The van der Waals surface area contributed by atoms with E-state index >= 15 is 0 Å². The van der Waals surface area contributed by atoms with Crippen LogP contribution in [0.4, 0.5) is 5.69 Å². The van der Waals surface area contributed by atoms with Crippen molar-refractivity contribution < 1.29 is 13.2 Å². The molecule has 1 N–H and O–H groups in total. The smallest absolute Gasteiger partial charge is 0.224 e. The van der Waals surface area contributed by atoms with Gasteiger partial charge in [0.05, 0.1) is 16.6 Å². The summed E-state index contributed by atoms with van der Waals surface area (Å²) in [5, 5.41) is 2.58. The van der Waals surface area contributed by atoms with Gasteiger partial charge in [-0.05, 0) is 56.5 Å². The number of hydrogen-bond acceptors (Lipinski definition) is 4. The van der Waals surface area contributed by atoms with Crippen LogP contribution in [-0.2, 0) is 21.1 Å². The molecule has 5 nitrogen and oxygen atoms in total. The molecule has 0 aromatic heterocycles. The van der Waals surface area contributed by atoms with E-state index in [9.17, 15) is 13.2 Å². The van der Waals surface area contributed by atoms with E-state index in [1.165, 1.54) is 5.69 Å². The Balaban J connectivity index is 1.54. The van der Waals surface area contributed by atoms with Crippen LogP contribution in [0.1, 0.15) is 32.3 Å². The minimum absolute atomic E-state index is 0.0422. The van der Waals surface area contributed by atoms with Crippen molar-refractivity contribution in [2.45, 2.75) is 49.3 Å². The lowest BCUT2D eigenvalue weighted by atomic mass is 10.1. The zero-order valence-corrected chi connectivity index (χ0v) is 17.3. The molecule has 1 aliphatic heterocycles. The number of amides is 1. The normalized spacial score (nSPS) is 17.1. The molecular weight excluding hydrogens is 372 g/mol. The number of sulfone groups is 1. The van der Waals surface area contributed by atoms with Gasteiger partial charge in [0.1, 0.15) is 0 Å². The minimum atomic E-state index is -3.28. The number of rotatable bonds is 7. The molecule has 0 radical (unpaired) electrons. The lowest BCUT2D eigenvalue weighted by molar-refractivity contribution is -0.120. The Hall–Kier alpha value is -2.34. The Morgan fingerprint density at radius 1 is 1.11 bits per heavy atom. The molecule has 1 heterocycles. The highest BCUT2D eigenvalue weighted by Crippen LogP contribution is 2.24. The molecule has 0 bridgehead atoms. The van der Waals surface area contributed by atoms with Crippen molar-refractivity contribution in [2.75, 3.05) is 18.0 Å². The Bertz CT molecular complexity index is 893. The summed E-state index contributed by atoms with van der Waals surface area (Å²) >= 11 is 0. The SMILES string of the molecule is CC(C)S(=O)(=O)c1ccc(CC(=O)NC[C@@H]2CCCN2c2ccccc2)cc1. The molecular formula is C22H28N2O3S. The maximum atomic E-state index is 12.4. The number of nitrogens with one attached hydrogen (secondary N) is 1. The Morgan fingerprint density at radius 2 is 1.79 bits per heavy atom. The fourth-order valence-corrected chi connectivity index (χ4v) is 4.62. The Labute approximate surface area is 167 Å². The summed E-state index contributed by atoms with van der Waals surface area (Å²) in [4.78, 5) is 15.0. The van der Waals surface area contributed by atoms with Gasteiger partial charge in [-0.3, -0.25) is 4.79 Å².